The fraction of sp³-hybridized carbons (Fsp3) is 0.474. The lowest BCUT2D eigenvalue weighted by molar-refractivity contribution is -0.148. The van der Waals surface area contributed by atoms with E-state index in [4.69, 9.17) is 9.47 Å². The zero-order valence-electron chi connectivity index (χ0n) is 14.2. The average molecular weight is 331 g/mol. The number of amides is 1. The standard InChI is InChI=1S/C19H25NO4/c1-2-23-17-10-7-16(8-11-17)9-12-19(22)24-15-18(21)20-13-5-3-4-6-14-20/h7-12H,2-6,13-15H2,1H3/b12-9+. The van der Waals surface area contributed by atoms with E-state index in [1.165, 1.54) is 6.08 Å². The van der Waals surface area contributed by atoms with Crippen LogP contribution in [0.4, 0.5) is 0 Å². The molecule has 1 saturated heterocycles. The van der Waals surface area contributed by atoms with Crippen LogP contribution in [-0.4, -0.2) is 43.1 Å². The molecule has 130 valence electrons. The predicted molar refractivity (Wildman–Crippen MR) is 92.7 cm³/mol. The third-order valence-electron chi connectivity index (χ3n) is 3.90. The van der Waals surface area contributed by atoms with Gasteiger partial charge in [0.2, 0.25) is 0 Å². The van der Waals surface area contributed by atoms with E-state index in [9.17, 15) is 9.59 Å². The van der Waals surface area contributed by atoms with Gasteiger partial charge >= 0.3 is 5.97 Å². The molecule has 5 nitrogen and oxygen atoms in total. The highest BCUT2D eigenvalue weighted by Gasteiger charge is 2.16. The van der Waals surface area contributed by atoms with Crippen LogP contribution in [-0.2, 0) is 14.3 Å². The molecule has 0 spiro atoms. The summed E-state index contributed by atoms with van der Waals surface area (Å²) in [6, 6.07) is 7.41. The first-order valence-electron chi connectivity index (χ1n) is 8.54. The van der Waals surface area contributed by atoms with E-state index >= 15 is 0 Å². The highest BCUT2D eigenvalue weighted by Crippen LogP contribution is 2.13. The Balaban J connectivity index is 1.76. The van der Waals surface area contributed by atoms with Gasteiger partial charge < -0.3 is 14.4 Å². The Labute approximate surface area is 143 Å². The van der Waals surface area contributed by atoms with E-state index in [1.807, 2.05) is 31.2 Å². The summed E-state index contributed by atoms with van der Waals surface area (Å²) < 4.78 is 10.4. The summed E-state index contributed by atoms with van der Waals surface area (Å²) in [5, 5.41) is 0. The summed E-state index contributed by atoms with van der Waals surface area (Å²) in [6.45, 7) is 3.88. The Kier molecular flexibility index (Phi) is 7.33. The molecule has 1 amide bonds. The van der Waals surface area contributed by atoms with E-state index in [0.717, 1.165) is 50.1 Å². The van der Waals surface area contributed by atoms with Gasteiger partial charge in [-0.25, -0.2) is 4.79 Å². The quantitative estimate of drug-likeness (QED) is 0.594. The molecule has 5 heteroatoms. The Hall–Kier alpha value is -2.30. The second kappa shape index (κ2) is 9.75. The van der Waals surface area contributed by atoms with Gasteiger partial charge in [-0.2, -0.15) is 0 Å². The van der Waals surface area contributed by atoms with Gasteiger partial charge in [0.15, 0.2) is 6.61 Å². The first-order chi connectivity index (χ1) is 11.7. The fourth-order valence-corrected chi connectivity index (χ4v) is 2.60. The Morgan fingerprint density at radius 3 is 2.38 bits per heavy atom. The van der Waals surface area contributed by atoms with Crippen LogP contribution in [0.25, 0.3) is 6.08 Å². The third-order valence-corrected chi connectivity index (χ3v) is 3.90. The largest absolute Gasteiger partial charge is 0.494 e. The maximum atomic E-state index is 12.0. The molecule has 0 atom stereocenters. The van der Waals surface area contributed by atoms with Gasteiger partial charge in [0.25, 0.3) is 5.91 Å². The molecule has 0 radical (unpaired) electrons. The van der Waals surface area contributed by atoms with Crippen molar-refractivity contribution < 1.29 is 19.1 Å². The molecule has 1 aromatic carbocycles. The van der Waals surface area contributed by atoms with Crippen molar-refractivity contribution in [1.82, 2.24) is 4.90 Å². The molecule has 1 aliphatic rings. The summed E-state index contributed by atoms with van der Waals surface area (Å²) >= 11 is 0. The molecule has 1 fully saturated rings. The lowest BCUT2D eigenvalue weighted by Gasteiger charge is -2.19. The predicted octanol–water partition coefficient (Wildman–Crippen LogP) is 3.04. The van der Waals surface area contributed by atoms with Gasteiger partial charge in [0.05, 0.1) is 6.61 Å². The molecule has 1 aliphatic heterocycles. The maximum absolute atomic E-state index is 12.0. The van der Waals surface area contributed by atoms with E-state index in [1.54, 1.807) is 11.0 Å². The number of likely N-dealkylation sites (tertiary alicyclic amines) is 1. The molecule has 0 aliphatic carbocycles. The molecule has 1 heterocycles. The highest BCUT2D eigenvalue weighted by molar-refractivity contribution is 5.89. The van der Waals surface area contributed by atoms with Crippen LogP contribution in [0.3, 0.4) is 0 Å². The second-order valence-electron chi connectivity index (χ2n) is 5.74. The van der Waals surface area contributed by atoms with Crippen molar-refractivity contribution in [2.24, 2.45) is 0 Å². The van der Waals surface area contributed by atoms with Crippen molar-refractivity contribution in [3.63, 3.8) is 0 Å². The number of ether oxygens (including phenoxy) is 2. The lowest BCUT2D eigenvalue weighted by atomic mass is 10.2. The third kappa shape index (κ3) is 6.07. The van der Waals surface area contributed by atoms with Crippen molar-refractivity contribution in [2.75, 3.05) is 26.3 Å². The number of carbonyl (C=O) groups excluding carboxylic acids is 2. The minimum atomic E-state index is -0.507. The molecule has 0 bridgehead atoms. The van der Waals surface area contributed by atoms with Crippen molar-refractivity contribution in [2.45, 2.75) is 32.6 Å². The van der Waals surface area contributed by atoms with Crippen LogP contribution in [0.5, 0.6) is 5.75 Å². The smallest absolute Gasteiger partial charge is 0.331 e. The summed E-state index contributed by atoms with van der Waals surface area (Å²) in [4.78, 5) is 25.6. The molecule has 0 saturated carbocycles. The monoisotopic (exact) mass is 331 g/mol. The van der Waals surface area contributed by atoms with Crippen LogP contribution in [0.1, 0.15) is 38.2 Å². The molecule has 1 aromatic rings. The van der Waals surface area contributed by atoms with Crippen LogP contribution < -0.4 is 4.74 Å². The van der Waals surface area contributed by atoms with Crippen molar-refractivity contribution in [3.8, 4) is 5.75 Å². The first kappa shape index (κ1) is 18.0. The summed E-state index contributed by atoms with van der Waals surface area (Å²) in [5.74, 6) is 0.173. The van der Waals surface area contributed by atoms with E-state index in [0.29, 0.717) is 6.61 Å². The van der Waals surface area contributed by atoms with Gasteiger partial charge in [-0.1, -0.05) is 25.0 Å². The number of carbonyl (C=O) groups is 2. The fourth-order valence-electron chi connectivity index (χ4n) is 2.60. The number of esters is 1. The molecule has 0 aromatic heterocycles. The van der Waals surface area contributed by atoms with Gasteiger partial charge in [0.1, 0.15) is 5.75 Å². The van der Waals surface area contributed by atoms with Crippen LogP contribution in [0, 0.1) is 0 Å². The zero-order chi connectivity index (χ0) is 17.2. The SMILES string of the molecule is CCOc1ccc(/C=C/C(=O)OCC(=O)N2CCCCCC2)cc1. The molecular formula is C19H25NO4. The van der Waals surface area contributed by atoms with Crippen molar-refractivity contribution in [3.05, 3.63) is 35.9 Å². The Morgan fingerprint density at radius 1 is 1.08 bits per heavy atom. The number of hydrogen-bond donors (Lipinski definition) is 0. The van der Waals surface area contributed by atoms with Crippen molar-refractivity contribution in [1.29, 1.82) is 0 Å². The number of rotatable bonds is 6. The van der Waals surface area contributed by atoms with E-state index in [-0.39, 0.29) is 12.5 Å². The van der Waals surface area contributed by atoms with Gasteiger partial charge in [-0.3, -0.25) is 4.79 Å². The number of hydrogen-bond acceptors (Lipinski definition) is 4. The van der Waals surface area contributed by atoms with Gasteiger partial charge in [0, 0.05) is 19.2 Å². The average Bonchev–Trinajstić information content (AvgIpc) is 2.89. The number of benzene rings is 1. The zero-order valence-corrected chi connectivity index (χ0v) is 14.2. The van der Waals surface area contributed by atoms with E-state index < -0.39 is 5.97 Å². The molecule has 24 heavy (non-hydrogen) atoms. The Bertz CT molecular complexity index is 557. The van der Waals surface area contributed by atoms with Crippen LogP contribution in [0.2, 0.25) is 0 Å². The van der Waals surface area contributed by atoms with Gasteiger partial charge in [-0.05, 0) is 43.5 Å². The van der Waals surface area contributed by atoms with Crippen molar-refractivity contribution >= 4 is 18.0 Å². The Morgan fingerprint density at radius 2 is 1.75 bits per heavy atom. The molecule has 0 N–H and O–H groups in total. The van der Waals surface area contributed by atoms with E-state index in [2.05, 4.69) is 0 Å². The summed E-state index contributed by atoms with van der Waals surface area (Å²) in [6.07, 6.45) is 7.37. The second-order valence-corrected chi connectivity index (χ2v) is 5.74. The van der Waals surface area contributed by atoms with Crippen LogP contribution >= 0.6 is 0 Å². The topological polar surface area (TPSA) is 55.8 Å². The normalized spacial score (nSPS) is 15.1. The summed E-state index contributed by atoms with van der Waals surface area (Å²) in [7, 11) is 0. The minimum Gasteiger partial charge on any atom is -0.494 e. The summed E-state index contributed by atoms with van der Waals surface area (Å²) in [5.41, 5.74) is 0.870. The minimum absolute atomic E-state index is 0.111. The number of nitrogens with zero attached hydrogens (tertiary/aromatic N) is 1. The molecular weight excluding hydrogens is 306 g/mol. The lowest BCUT2D eigenvalue weighted by Crippen LogP contribution is -2.35. The molecule has 2 rings (SSSR count). The molecule has 0 unspecified atom stereocenters. The van der Waals surface area contributed by atoms with Gasteiger partial charge in [-0.15, -0.1) is 0 Å². The van der Waals surface area contributed by atoms with Crippen LogP contribution in [0.15, 0.2) is 30.3 Å². The highest BCUT2D eigenvalue weighted by atomic mass is 16.5. The first-order valence-corrected chi connectivity index (χ1v) is 8.54. The maximum Gasteiger partial charge on any atom is 0.331 e.